The third-order valence-electron chi connectivity index (χ3n) is 4.32. The van der Waals surface area contributed by atoms with Crippen LogP contribution in [0.2, 0.25) is 0 Å². The Labute approximate surface area is 167 Å². The van der Waals surface area contributed by atoms with Crippen molar-refractivity contribution in [1.29, 1.82) is 0 Å². The van der Waals surface area contributed by atoms with Crippen LogP contribution >= 0.6 is 0 Å². The van der Waals surface area contributed by atoms with Crippen molar-refractivity contribution in [2.45, 2.75) is 13.0 Å². The summed E-state index contributed by atoms with van der Waals surface area (Å²) >= 11 is -0.847. The van der Waals surface area contributed by atoms with Gasteiger partial charge in [-0.1, -0.05) is 54.6 Å². The lowest BCUT2D eigenvalue weighted by atomic mass is 10.1. The van der Waals surface area contributed by atoms with Gasteiger partial charge in [-0.15, -0.1) is 0 Å². The number of hydrogen-bond donors (Lipinski definition) is 0. The van der Waals surface area contributed by atoms with E-state index in [2.05, 4.69) is 4.98 Å². The third kappa shape index (κ3) is 3.73. The molecule has 0 radical (unpaired) electrons. The summed E-state index contributed by atoms with van der Waals surface area (Å²) < 4.78 is 3.14. The molecule has 0 atom stereocenters. The fourth-order valence-electron chi connectivity index (χ4n) is 2.98. The summed E-state index contributed by atoms with van der Waals surface area (Å²) in [5.41, 5.74) is 1.43. The predicted molar refractivity (Wildman–Crippen MR) is 99.4 cm³/mol. The highest BCUT2D eigenvalue weighted by Gasteiger charge is 2.25. The van der Waals surface area contributed by atoms with Gasteiger partial charge in [-0.05, 0) is 35.9 Å². The molecule has 2 aromatic heterocycles. The Hall–Kier alpha value is -2.67. The van der Waals surface area contributed by atoms with Gasteiger partial charge in [0.1, 0.15) is 5.65 Å². The Morgan fingerprint density at radius 2 is 1.63 bits per heavy atom. The molecule has 0 aliphatic carbocycles. The lowest BCUT2D eigenvalue weighted by Crippen LogP contribution is -3.62. The number of nitrogens with zero attached hydrogens (tertiary/aromatic N) is 2. The molecule has 0 saturated carbocycles. The normalized spacial score (nSPS) is 11.0. The van der Waals surface area contributed by atoms with Crippen molar-refractivity contribution in [3.8, 4) is 5.75 Å². The van der Waals surface area contributed by atoms with Crippen LogP contribution < -0.4 is 31.9 Å². The number of rotatable bonds is 5. The van der Waals surface area contributed by atoms with Crippen LogP contribution in [-0.4, -0.2) is 9.55 Å². The van der Waals surface area contributed by atoms with Crippen molar-refractivity contribution in [3.63, 3.8) is 0 Å². The average Bonchev–Trinajstić information content (AvgIpc) is 2.73. The van der Waals surface area contributed by atoms with Crippen LogP contribution in [0.15, 0.2) is 83.8 Å². The minimum absolute atomic E-state index is 0.171. The van der Waals surface area contributed by atoms with Gasteiger partial charge in [0.05, 0.1) is 0 Å². The van der Waals surface area contributed by atoms with E-state index in [0.29, 0.717) is 27.6 Å². The molecule has 0 amide bonds. The van der Waals surface area contributed by atoms with Gasteiger partial charge in [0, 0.05) is 18.1 Å². The average molecular weight is 468 g/mol. The first-order valence-electron chi connectivity index (χ1n) is 8.66. The van der Waals surface area contributed by atoms with E-state index in [0.717, 1.165) is 9.13 Å². The quantitative estimate of drug-likeness (QED) is 0.383. The van der Waals surface area contributed by atoms with Crippen LogP contribution in [0, 0.1) is 7.14 Å². The van der Waals surface area contributed by atoms with E-state index in [1.54, 1.807) is 22.9 Å². The Morgan fingerprint density at radius 1 is 0.926 bits per heavy atom. The maximum atomic E-state index is 13.2. The molecule has 0 bridgehead atoms. The molecule has 2 aromatic carbocycles. The Kier molecular flexibility index (Phi) is 5.20. The number of benzene rings is 2. The minimum atomic E-state index is -0.847. The van der Waals surface area contributed by atoms with E-state index < -0.39 is 21.2 Å². The van der Waals surface area contributed by atoms with Crippen molar-refractivity contribution in [1.82, 2.24) is 9.55 Å². The SMILES string of the molecule is O=c1c([I+]c2ccccc2)c([O-])c2cccnc2n1CCc1ccccc1. The molecule has 4 nitrogen and oxygen atoms in total. The van der Waals surface area contributed by atoms with E-state index in [1.165, 1.54) is 0 Å². The van der Waals surface area contributed by atoms with Crippen molar-refractivity contribution < 1.29 is 26.3 Å². The highest BCUT2D eigenvalue weighted by molar-refractivity contribution is 5.80. The van der Waals surface area contributed by atoms with Gasteiger partial charge >= 0.3 is 26.8 Å². The monoisotopic (exact) mass is 468 g/mol. The van der Waals surface area contributed by atoms with Crippen molar-refractivity contribution >= 4 is 11.0 Å². The Bertz CT molecular complexity index is 1130. The summed E-state index contributed by atoms with van der Waals surface area (Å²) in [6, 6.07) is 23.3. The van der Waals surface area contributed by atoms with Gasteiger partial charge in [0.15, 0.2) is 3.57 Å². The summed E-state index contributed by atoms with van der Waals surface area (Å²) in [6.07, 6.45) is 2.35. The first-order valence-corrected chi connectivity index (χ1v) is 10.8. The second kappa shape index (κ2) is 7.92. The summed E-state index contributed by atoms with van der Waals surface area (Å²) in [7, 11) is 0. The molecule has 0 fully saturated rings. The van der Waals surface area contributed by atoms with Gasteiger partial charge in [-0.25, -0.2) is 4.98 Å². The molecule has 0 aliphatic rings. The lowest BCUT2D eigenvalue weighted by molar-refractivity contribution is -0.605. The van der Waals surface area contributed by atoms with E-state index in [1.807, 2.05) is 60.7 Å². The van der Waals surface area contributed by atoms with E-state index in [9.17, 15) is 9.90 Å². The zero-order valence-electron chi connectivity index (χ0n) is 14.5. The maximum absolute atomic E-state index is 13.2. The Morgan fingerprint density at radius 3 is 2.37 bits per heavy atom. The number of aromatic nitrogens is 2. The van der Waals surface area contributed by atoms with Crippen LogP contribution in [0.25, 0.3) is 11.0 Å². The summed E-state index contributed by atoms with van der Waals surface area (Å²) in [6.45, 7) is 0.502. The summed E-state index contributed by atoms with van der Waals surface area (Å²) in [5, 5.41) is 13.5. The van der Waals surface area contributed by atoms with Gasteiger partial charge in [-0.2, -0.15) is 0 Å². The van der Waals surface area contributed by atoms with Crippen LogP contribution in [-0.2, 0) is 13.0 Å². The van der Waals surface area contributed by atoms with E-state index >= 15 is 0 Å². The fourth-order valence-corrected chi connectivity index (χ4v) is 5.44. The number of pyridine rings is 2. The number of aryl methyl sites for hydroxylation is 2. The Balaban J connectivity index is 1.80. The zero-order chi connectivity index (χ0) is 18.6. The topological polar surface area (TPSA) is 57.9 Å². The zero-order valence-corrected chi connectivity index (χ0v) is 16.7. The van der Waals surface area contributed by atoms with Gasteiger partial charge in [0.2, 0.25) is 0 Å². The molecule has 0 aliphatic heterocycles. The second-order valence-electron chi connectivity index (χ2n) is 6.10. The highest BCUT2D eigenvalue weighted by Crippen LogP contribution is 2.18. The number of halogens is 1. The number of fused-ring (bicyclic) bond motifs is 1. The van der Waals surface area contributed by atoms with Crippen LogP contribution in [0.5, 0.6) is 5.75 Å². The molecule has 4 aromatic rings. The maximum Gasteiger partial charge on any atom is 0.363 e. The number of hydrogen-bond acceptors (Lipinski definition) is 3. The first kappa shape index (κ1) is 17.7. The molecule has 0 unspecified atom stereocenters. The van der Waals surface area contributed by atoms with Crippen molar-refractivity contribution in [3.05, 3.63) is 102 Å². The van der Waals surface area contributed by atoms with Gasteiger partial charge in [0.25, 0.3) is 3.57 Å². The molecule has 0 saturated heterocycles. The summed E-state index contributed by atoms with van der Waals surface area (Å²) in [5.74, 6) is -0.171. The molecule has 134 valence electrons. The molecule has 4 rings (SSSR count). The van der Waals surface area contributed by atoms with Crippen molar-refractivity contribution in [2.75, 3.05) is 0 Å². The van der Waals surface area contributed by atoms with E-state index in [-0.39, 0.29) is 11.3 Å². The largest absolute Gasteiger partial charge is 0.869 e. The minimum Gasteiger partial charge on any atom is -0.869 e. The van der Waals surface area contributed by atoms with Gasteiger partial charge in [-0.3, -0.25) is 9.36 Å². The van der Waals surface area contributed by atoms with Crippen LogP contribution in [0.1, 0.15) is 5.56 Å². The lowest BCUT2D eigenvalue weighted by Gasteiger charge is -2.15. The van der Waals surface area contributed by atoms with Gasteiger partial charge < -0.3 is 5.11 Å². The molecule has 2 heterocycles. The molecule has 27 heavy (non-hydrogen) atoms. The van der Waals surface area contributed by atoms with Crippen molar-refractivity contribution in [2.24, 2.45) is 0 Å². The smallest absolute Gasteiger partial charge is 0.363 e. The third-order valence-corrected chi connectivity index (χ3v) is 7.16. The molecular weight excluding hydrogens is 451 g/mol. The molecular formula is C22H17IN2O2. The second-order valence-corrected chi connectivity index (χ2v) is 8.96. The standard InChI is InChI=1S/C22H17IN2O2/c26-20-18-12-7-14-24-21(18)25(15-13-16-8-3-1-4-9-16)22(27)19(20)23-17-10-5-2-6-11-17/h1-12,14H,13,15H2. The summed E-state index contributed by atoms with van der Waals surface area (Å²) in [4.78, 5) is 17.5. The first-order chi connectivity index (χ1) is 13.2. The molecule has 0 spiro atoms. The van der Waals surface area contributed by atoms with Crippen LogP contribution in [0.3, 0.4) is 0 Å². The molecule has 0 N–H and O–H groups in total. The highest BCUT2D eigenvalue weighted by atomic mass is 127. The van der Waals surface area contributed by atoms with Crippen LogP contribution in [0.4, 0.5) is 0 Å². The molecule has 5 heteroatoms. The van der Waals surface area contributed by atoms with E-state index in [4.69, 9.17) is 0 Å². The fraction of sp³-hybridized carbons (Fsp3) is 0.0909. The predicted octanol–water partition coefficient (Wildman–Crippen LogP) is -0.159.